The summed E-state index contributed by atoms with van der Waals surface area (Å²) in [7, 11) is 0. The zero-order valence-corrected chi connectivity index (χ0v) is 11.7. The lowest BCUT2D eigenvalue weighted by atomic mass is 9.92. The molecule has 5 rings (SSSR count). The molecule has 0 radical (unpaired) electrons. The van der Waals surface area contributed by atoms with Gasteiger partial charge in [-0.3, -0.25) is 4.79 Å². The van der Waals surface area contributed by atoms with Gasteiger partial charge in [0, 0.05) is 12.5 Å². The maximum Gasteiger partial charge on any atom is 0.347 e. The lowest BCUT2D eigenvalue weighted by Crippen LogP contribution is -2.33. The smallest absolute Gasteiger partial charge is 0.347 e. The van der Waals surface area contributed by atoms with Crippen molar-refractivity contribution < 1.29 is 28.9 Å². The molecule has 116 valence electrons. The first kappa shape index (κ1) is 12.7. The number of carbonyl (C=O) groups excluding carboxylic acids is 1. The fourth-order valence-electron chi connectivity index (χ4n) is 3.61. The third-order valence-electron chi connectivity index (χ3n) is 4.63. The number of ketones is 1. The van der Waals surface area contributed by atoms with Gasteiger partial charge in [0.25, 0.3) is 6.29 Å². The van der Waals surface area contributed by atoms with Crippen molar-refractivity contribution in [2.45, 2.75) is 24.7 Å². The average molecular weight is 314 g/mol. The molecule has 0 saturated heterocycles. The Morgan fingerprint density at radius 3 is 2.91 bits per heavy atom. The van der Waals surface area contributed by atoms with E-state index in [0.29, 0.717) is 12.0 Å². The molecule has 3 aliphatic rings. The number of phenols is 1. The Bertz CT molecular complexity index is 1000. The molecule has 0 fully saturated rings. The van der Waals surface area contributed by atoms with Gasteiger partial charge in [0.2, 0.25) is 0 Å². The van der Waals surface area contributed by atoms with E-state index in [0.717, 1.165) is 0 Å². The number of rotatable bonds is 0. The van der Waals surface area contributed by atoms with Crippen molar-refractivity contribution in [2.24, 2.45) is 0 Å². The molecule has 2 N–H and O–H groups in total. The highest BCUT2D eigenvalue weighted by atomic mass is 16.7. The second-order valence-corrected chi connectivity index (χ2v) is 5.85. The van der Waals surface area contributed by atoms with Gasteiger partial charge in [0.15, 0.2) is 17.0 Å². The molecule has 1 aromatic heterocycles. The van der Waals surface area contributed by atoms with Crippen molar-refractivity contribution in [1.29, 1.82) is 0 Å². The van der Waals surface area contributed by atoms with Crippen LogP contribution in [0, 0.1) is 0 Å². The molecule has 23 heavy (non-hydrogen) atoms. The van der Waals surface area contributed by atoms with E-state index in [1.54, 1.807) is 0 Å². The monoisotopic (exact) mass is 314 g/mol. The van der Waals surface area contributed by atoms with Gasteiger partial charge >= 0.3 is 5.63 Å². The third kappa shape index (κ3) is 1.34. The van der Waals surface area contributed by atoms with Gasteiger partial charge in [-0.25, -0.2) is 4.79 Å². The Balaban J connectivity index is 1.97. The summed E-state index contributed by atoms with van der Waals surface area (Å²) in [6.45, 7) is 0. The Morgan fingerprint density at radius 1 is 1.26 bits per heavy atom. The average Bonchev–Trinajstić information content (AvgIpc) is 3.10. The molecule has 0 saturated carbocycles. The zero-order valence-electron chi connectivity index (χ0n) is 11.7. The highest BCUT2D eigenvalue weighted by molar-refractivity contribution is 6.06. The van der Waals surface area contributed by atoms with Gasteiger partial charge in [-0.15, -0.1) is 0 Å². The second kappa shape index (κ2) is 3.75. The number of aromatic hydroxyl groups is 1. The molecule has 2 aromatic rings. The summed E-state index contributed by atoms with van der Waals surface area (Å²) in [4.78, 5) is 24.1. The number of carbonyl (C=O) groups is 1. The van der Waals surface area contributed by atoms with Crippen molar-refractivity contribution >= 4 is 16.8 Å². The van der Waals surface area contributed by atoms with E-state index in [-0.39, 0.29) is 45.8 Å². The third-order valence-corrected chi connectivity index (χ3v) is 4.63. The molecular weight excluding hydrogens is 304 g/mol. The lowest BCUT2D eigenvalue weighted by Gasteiger charge is -2.18. The number of benzene rings is 1. The number of phenolic OH excluding ortho intramolecular Hbond substituents is 1. The quantitative estimate of drug-likeness (QED) is 0.701. The van der Waals surface area contributed by atoms with Crippen molar-refractivity contribution in [1.82, 2.24) is 0 Å². The molecule has 1 aromatic carbocycles. The number of aliphatic hydroxyl groups is 1. The van der Waals surface area contributed by atoms with Gasteiger partial charge in [-0.05, 0) is 18.1 Å². The lowest BCUT2D eigenvalue weighted by molar-refractivity contribution is -0.109. The van der Waals surface area contributed by atoms with E-state index in [9.17, 15) is 19.8 Å². The standard InChI is InChI=1S/C16H10O7/c17-7-2-1-6-10-8(18)5-9-12(13(10)23-14(19)11(6)7)16(20)3-4-21-15(16)22-9/h3-5,15,18,20H,1-2H2. The van der Waals surface area contributed by atoms with Crippen LogP contribution in [0.4, 0.5) is 0 Å². The van der Waals surface area contributed by atoms with Crippen LogP contribution in [0.15, 0.2) is 27.6 Å². The van der Waals surface area contributed by atoms with Crippen LogP contribution in [0.25, 0.3) is 11.0 Å². The summed E-state index contributed by atoms with van der Waals surface area (Å²) < 4.78 is 16.0. The van der Waals surface area contributed by atoms with Crippen molar-refractivity contribution in [3.05, 3.63) is 45.5 Å². The molecule has 0 bridgehead atoms. The Morgan fingerprint density at radius 2 is 2.09 bits per heavy atom. The predicted octanol–water partition coefficient (Wildman–Crippen LogP) is 1.08. The van der Waals surface area contributed by atoms with Crippen molar-refractivity contribution in [3.8, 4) is 11.5 Å². The summed E-state index contributed by atoms with van der Waals surface area (Å²) in [5.41, 5.74) is -1.68. The van der Waals surface area contributed by atoms with E-state index in [1.165, 1.54) is 18.4 Å². The summed E-state index contributed by atoms with van der Waals surface area (Å²) >= 11 is 0. The highest BCUT2D eigenvalue weighted by Gasteiger charge is 2.53. The SMILES string of the molecule is O=C1CCc2c1c(=O)oc1c3c(cc(O)c21)OC1OC=CC31O. The summed E-state index contributed by atoms with van der Waals surface area (Å²) in [6, 6.07) is 1.34. The van der Waals surface area contributed by atoms with Crippen LogP contribution < -0.4 is 10.4 Å². The van der Waals surface area contributed by atoms with Crippen LogP contribution in [0.2, 0.25) is 0 Å². The maximum atomic E-state index is 12.2. The fourth-order valence-corrected chi connectivity index (χ4v) is 3.61. The minimum absolute atomic E-state index is 0.0200. The topological polar surface area (TPSA) is 106 Å². The highest BCUT2D eigenvalue weighted by Crippen LogP contribution is 2.51. The number of aryl methyl sites for hydroxylation is 1. The molecule has 1 aliphatic carbocycles. The number of fused-ring (bicyclic) bond motifs is 7. The van der Waals surface area contributed by atoms with Gasteiger partial charge in [0.1, 0.15) is 17.1 Å². The van der Waals surface area contributed by atoms with Crippen molar-refractivity contribution in [2.75, 3.05) is 0 Å². The number of Topliss-reactive ketones (excluding diaryl/α,β-unsaturated/α-hetero) is 1. The first-order chi connectivity index (χ1) is 11.0. The Labute approximate surface area is 128 Å². The maximum absolute atomic E-state index is 12.2. The van der Waals surface area contributed by atoms with E-state index in [4.69, 9.17) is 13.9 Å². The van der Waals surface area contributed by atoms with Crippen LogP contribution >= 0.6 is 0 Å². The molecule has 2 atom stereocenters. The van der Waals surface area contributed by atoms with Gasteiger partial charge in [-0.1, -0.05) is 0 Å². The number of ether oxygens (including phenoxy) is 2. The van der Waals surface area contributed by atoms with Gasteiger partial charge in [0.05, 0.1) is 17.2 Å². The molecule has 7 nitrogen and oxygen atoms in total. The van der Waals surface area contributed by atoms with Crippen LogP contribution in [0.5, 0.6) is 11.5 Å². The second-order valence-electron chi connectivity index (χ2n) is 5.85. The molecule has 3 heterocycles. The first-order valence-electron chi connectivity index (χ1n) is 7.12. The number of hydrogen-bond donors (Lipinski definition) is 2. The zero-order chi connectivity index (χ0) is 15.9. The Kier molecular flexibility index (Phi) is 2.07. The largest absolute Gasteiger partial charge is 0.507 e. The molecular formula is C16H10O7. The molecule has 0 amide bonds. The molecule has 7 heteroatoms. The van der Waals surface area contributed by atoms with Crippen LogP contribution in [-0.2, 0) is 16.8 Å². The normalized spacial score (nSPS) is 26.8. The fraction of sp³-hybridized carbons (Fsp3) is 0.250. The molecule has 2 aliphatic heterocycles. The minimum atomic E-state index is -1.60. The molecule has 2 unspecified atom stereocenters. The van der Waals surface area contributed by atoms with Crippen molar-refractivity contribution in [3.63, 3.8) is 0 Å². The van der Waals surface area contributed by atoms with E-state index < -0.39 is 17.5 Å². The van der Waals surface area contributed by atoms with Crippen LogP contribution in [-0.4, -0.2) is 22.3 Å². The summed E-state index contributed by atoms with van der Waals surface area (Å²) in [5, 5.41) is 21.4. The Hall–Kier alpha value is -2.80. The van der Waals surface area contributed by atoms with Gasteiger partial charge in [-0.2, -0.15) is 0 Å². The first-order valence-corrected chi connectivity index (χ1v) is 7.12. The summed E-state index contributed by atoms with van der Waals surface area (Å²) in [5.74, 6) is -0.284. The van der Waals surface area contributed by atoms with E-state index in [2.05, 4.69) is 0 Å². The van der Waals surface area contributed by atoms with E-state index in [1.807, 2.05) is 0 Å². The summed E-state index contributed by atoms with van der Waals surface area (Å²) in [6.07, 6.45) is 2.25. The van der Waals surface area contributed by atoms with Crippen LogP contribution in [0.3, 0.4) is 0 Å². The van der Waals surface area contributed by atoms with Crippen LogP contribution in [0.1, 0.15) is 27.9 Å². The predicted molar refractivity (Wildman–Crippen MR) is 75.3 cm³/mol. The number of hydrogen-bond acceptors (Lipinski definition) is 7. The van der Waals surface area contributed by atoms with Gasteiger partial charge < -0.3 is 24.1 Å². The molecule has 0 spiro atoms. The van der Waals surface area contributed by atoms with E-state index >= 15 is 0 Å². The minimum Gasteiger partial charge on any atom is -0.507 e.